The second-order valence-corrected chi connectivity index (χ2v) is 9.04. The first-order chi connectivity index (χ1) is 14.9. The first kappa shape index (κ1) is 20.4. The van der Waals surface area contributed by atoms with E-state index in [1.165, 1.54) is 0 Å². The molecular formula is C23H27ClN6O. The van der Waals surface area contributed by atoms with Crippen molar-refractivity contribution in [3.05, 3.63) is 63.1 Å². The summed E-state index contributed by atoms with van der Waals surface area (Å²) in [5.41, 5.74) is 6.24. The fraction of sp³-hybridized carbons (Fsp3) is 0.435. The molecule has 0 saturated carbocycles. The molecule has 2 aliphatic rings. The highest BCUT2D eigenvalue weighted by Crippen LogP contribution is 2.30. The highest BCUT2D eigenvalue weighted by Gasteiger charge is 2.31. The van der Waals surface area contributed by atoms with Gasteiger partial charge in [0.15, 0.2) is 5.65 Å². The van der Waals surface area contributed by atoms with Crippen LogP contribution in [0.3, 0.4) is 0 Å². The highest BCUT2D eigenvalue weighted by atomic mass is 35.5. The Balaban J connectivity index is 1.40. The van der Waals surface area contributed by atoms with E-state index in [0.717, 1.165) is 65.6 Å². The molecule has 5 rings (SSSR count). The Morgan fingerprint density at radius 3 is 2.87 bits per heavy atom. The number of nitrogens with one attached hydrogen (secondary N) is 1. The van der Waals surface area contributed by atoms with Crippen molar-refractivity contribution < 1.29 is 4.79 Å². The number of hydrogen-bond acceptors (Lipinski definition) is 5. The summed E-state index contributed by atoms with van der Waals surface area (Å²) in [4.78, 5) is 22.4. The van der Waals surface area contributed by atoms with Crippen LogP contribution >= 0.6 is 11.6 Å². The fourth-order valence-corrected chi connectivity index (χ4v) is 4.81. The zero-order valence-electron chi connectivity index (χ0n) is 18.2. The van der Waals surface area contributed by atoms with Gasteiger partial charge < -0.3 is 10.2 Å². The van der Waals surface area contributed by atoms with Crippen LogP contribution < -0.4 is 5.32 Å². The topological polar surface area (TPSA) is 65.8 Å². The molecule has 1 saturated heterocycles. The molecular weight excluding hydrogens is 412 g/mol. The second kappa shape index (κ2) is 7.89. The van der Waals surface area contributed by atoms with Gasteiger partial charge in [-0.25, -0.2) is 9.50 Å². The van der Waals surface area contributed by atoms with Gasteiger partial charge in [0, 0.05) is 43.3 Å². The zero-order valence-corrected chi connectivity index (χ0v) is 18.9. The molecule has 8 heteroatoms. The van der Waals surface area contributed by atoms with Crippen LogP contribution in [0.1, 0.15) is 45.5 Å². The van der Waals surface area contributed by atoms with E-state index in [9.17, 15) is 4.79 Å². The molecule has 31 heavy (non-hydrogen) atoms. The Morgan fingerprint density at radius 2 is 2.06 bits per heavy atom. The molecule has 1 aromatic carbocycles. The van der Waals surface area contributed by atoms with E-state index in [0.29, 0.717) is 24.2 Å². The Labute approximate surface area is 187 Å². The first-order valence-electron chi connectivity index (χ1n) is 10.8. The molecule has 0 spiro atoms. The Kier molecular flexibility index (Phi) is 5.20. The maximum absolute atomic E-state index is 13.5. The van der Waals surface area contributed by atoms with Gasteiger partial charge in [-0.1, -0.05) is 29.8 Å². The first-order valence-corrected chi connectivity index (χ1v) is 11.2. The normalized spacial score (nSPS) is 19.2. The third-order valence-electron chi connectivity index (χ3n) is 6.34. The zero-order chi connectivity index (χ0) is 21.7. The average molecular weight is 439 g/mol. The van der Waals surface area contributed by atoms with Crippen LogP contribution in [0.15, 0.2) is 24.3 Å². The van der Waals surface area contributed by atoms with Crippen molar-refractivity contribution in [1.82, 2.24) is 29.7 Å². The lowest BCUT2D eigenvalue weighted by Crippen LogP contribution is -2.48. The number of carbonyl (C=O) groups excluding carboxylic acids is 1. The third-order valence-corrected chi connectivity index (χ3v) is 6.88. The van der Waals surface area contributed by atoms with Crippen molar-refractivity contribution in [3.8, 4) is 0 Å². The molecule has 1 amide bonds. The van der Waals surface area contributed by atoms with Gasteiger partial charge in [-0.3, -0.25) is 9.69 Å². The van der Waals surface area contributed by atoms with Gasteiger partial charge in [-0.05, 0) is 32.4 Å². The van der Waals surface area contributed by atoms with Crippen molar-refractivity contribution in [2.45, 2.75) is 46.4 Å². The van der Waals surface area contributed by atoms with Gasteiger partial charge in [-0.15, -0.1) is 0 Å². The summed E-state index contributed by atoms with van der Waals surface area (Å²) >= 11 is 6.35. The van der Waals surface area contributed by atoms with Crippen LogP contribution in [0.25, 0.3) is 5.65 Å². The monoisotopic (exact) mass is 438 g/mol. The second-order valence-electron chi connectivity index (χ2n) is 8.67. The lowest BCUT2D eigenvalue weighted by molar-refractivity contribution is 0.0747. The number of hydrogen-bond donors (Lipinski definition) is 1. The quantitative estimate of drug-likeness (QED) is 0.681. The SMILES string of the molecule is Cc1nc2c3c(nn2c(C)c1Cl)CN(C(=O)c1ccccc1CN1CCNC(C)C1)C3. The summed E-state index contributed by atoms with van der Waals surface area (Å²) < 4.78 is 1.81. The summed E-state index contributed by atoms with van der Waals surface area (Å²) in [5.74, 6) is 0.0531. The fourth-order valence-electron chi connectivity index (χ4n) is 4.69. The van der Waals surface area contributed by atoms with Gasteiger partial charge >= 0.3 is 0 Å². The van der Waals surface area contributed by atoms with Crippen molar-refractivity contribution in [2.75, 3.05) is 19.6 Å². The number of nitrogens with zero attached hydrogens (tertiary/aromatic N) is 5. The maximum atomic E-state index is 13.5. The van der Waals surface area contributed by atoms with E-state index < -0.39 is 0 Å². The maximum Gasteiger partial charge on any atom is 0.254 e. The third kappa shape index (κ3) is 3.60. The largest absolute Gasteiger partial charge is 0.328 e. The predicted molar refractivity (Wildman–Crippen MR) is 120 cm³/mol. The number of benzene rings is 1. The average Bonchev–Trinajstić information content (AvgIpc) is 3.31. The van der Waals surface area contributed by atoms with E-state index in [-0.39, 0.29) is 5.91 Å². The summed E-state index contributed by atoms with van der Waals surface area (Å²) in [6, 6.07) is 8.44. The van der Waals surface area contributed by atoms with Gasteiger partial charge in [0.1, 0.15) is 0 Å². The van der Waals surface area contributed by atoms with Crippen LogP contribution in [-0.2, 0) is 19.6 Å². The number of fused-ring (bicyclic) bond motifs is 3. The van der Waals surface area contributed by atoms with Crippen molar-refractivity contribution in [3.63, 3.8) is 0 Å². The van der Waals surface area contributed by atoms with Crippen molar-refractivity contribution in [2.24, 2.45) is 0 Å². The molecule has 1 N–H and O–H groups in total. The van der Waals surface area contributed by atoms with Gasteiger partial charge in [-0.2, -0.15) is 5.10 Å². The van der Waals surface area contributed by atoms with E-state index in [1.54, 1.807) is 4.52 Å². The van der Waals surface area contributed by atoms with Crippen molar-refractivity contribution in [1.29, 1.82) is 0 Å². The molecule has 2 aliphatic heterocycles. The minimum atomic E-state index is 0.0531. The minimum absolute atomic E-state index is 0.0531. The van der Waals surface area contributed by atoms with Crippen LogP contribution in [-0.4, -0.2) is 56.0 Å². The molecule has 162 valence electrons. The molecule has 0 bridgehead atoms. The highest BCUT2D eigenvalue weighted by molar-refractivity contribution is 6.31. The van der Waals surface area contributed by atoms with Crippen LogP contribution in [0.5, 0.6) is 0 Å². The number of aromatic nitrogens is 3. The molecule has 1 unspecified atom stereocenters. The van der Waals surface area contributed by atoms with E-state index in [2.05, 4.69) is 28.2 Å². The summed E-state index contributed by atoms with van der Waals surface area (Å²) in [6.07, 6.45) is 0. The van der Waals surface area contributed by atoms with Crippen LogP contribution in [0.2, 0.25) is 5.02 Å². The van der Waals surface area contributed by atoms with Gasteiger partial charge in [0.25, 0.3) is 5.91 Å². The number of piperazine rings is 1. The summed E-state index contributed by atoms with van der Waals surface area (Å²) in [6.45, 7) is 10.8. The Hall–Kier alpha value is -2.48. The van der Waals surface area contributed by atoms with E-state index >= 15 is 0 Å². The standard InChI is InChI=1S/C23H27ClN6O/c1-14-10-28(9-8-25-14)11-17-6-4-5-7-18(17)23(31)29-12-19-20(13-29)27-30-16(3)21(24)15(2)26-22(19)30/h4-7,14,25H,8-13H2,1-3H3. The summed E-state index contributed by atoms with van der Waals surface area (Å²) in [7, 11) is 0. The lowest BCUT2D eigenvalue weighted by atomic mass is 10.0. The molecule has 0 radical (unpaired) electrons. The molecule has 4 heterocycles. The molecule has 1 atom stereocenters. The number of aryl methyl sites for hydroxylation is 2. The van der Waals surface area contributed by atoms with Crippen LogP contribution in [0, 0.1) is 13.8 Å². The number of carbonyl (C=O) groups is 1. The van der Waals surface area contributed by atoms with E-state index in [1.807, 2.05) is 36.9 Å². The Bertz CT molecular complexity index is 1170. The molecule has 1 fully saturated rings. The Morgan fingerprint density at radius 1 is 1.26 bits per heavy atom. The molecule has 2 aromatic heterocycles. The molecule has 3 aromatic rings. The lowest BCUT2D eigenvalue weighted by Gasteiger charge is -2.32. The molecule has 7 nitrogen and oxygen atoms in total. The number of halogens is 1. The minimum Gasteiger partial charge on any atom is -0.328 e. The van der Waals surface area contributed by atoms with Gasteiger partial charge in [0.2, 0.25) is 0 Å². The predicted octanol–water partition coefficient (Wildman–Crippen LogP) is 2.95. The number of rotatable bonds is 3. The van der Waals surface area contributed by atoms with Crippen molar-refractivity contribution >= 4 is 23.2 Å². The summed E-state index contributed by atoms with van der Waals surface area (Å²) in [5, 5.41) is 8.82. The smallest absolute Gasteiger partial charge is 0.254 e. The molecule has 0 aliphatic carbocycles. The van der Waals surface area contributed by atoms with Crippen LogP contribution in [0.4, 0.5) is 0 Å². The van der Waals surface area contributed by atoms with Gasteiger partial charge in [0.05, 0.1) is 35.2 Å². The van der Waals surface area contributed by atoms with E-state index in [4.69, 9.17) is 16.7 Å². The number of amides is 1.